The second kappa shape index (κ2) is 5.71. The standard InChI is InChI=1S/C12H19ClN2O/c13-12-6-5-11(16-12)9(7-14)8-15-10-3-1-2-4-10/h5-6,9-10,15H,1-4,7-8,14H2. The van der Waals surface area contributed by atoms with Crippen LogP contribution in [0.25, 0.3) is 0 Å². The lowest BCUT2D eigenvalue weighted by Crippen LogP contribution is -2.33. The van der Waals surface area contributed by atoms with E-state index >= 15 is 0 Å². The van der Waals surface area contributed by atoms with Gasteiger partial charge in [-0.3, -0.25) is 0 Å². The van der Waals surface area contributed by atoms with Crippen molar-refractivity contribution in [1.29, 1.82) is 0 Å². The molecule has 0 saturated heterocycles. The van der Waals surface area contributed by atoms with Crippen molar-refractivity contribution in [2.24, 2.45) is 5.73 Å². The zero-order valence-electron chi connectivity index (χ0n) is 9.42. The third kappa shape index (κ3) is 3.00. The number of nitrogens with one attached hydrogen (secondary N) is 1. The number of nitrogens with two attached hydrogens (primary N) is 1. The lowest BCUT2D eigenvalue weighted by Gasteiger charge is -2.17. The maximum absolute atomic E-state index is 5.76. The molecule has 1 saturated carbocycles. The van der Waals surface area contributed by atoms with Crippen LogP contribution in [0.1, 0.15) is 37.4 Å². The maximum atomic E-state index is 5.76. The Hall–Kier alpha value is -0.510. The summed E-state index contributed by atoms with van der Waals surface area (Å²) in [6, 6.07) is 4.35. The molecule has 0 radical (unpaired) electrons. The van der Waals surface area contributed by atoms with Crippen molar-refractivity contribution in [3.63, 3.8) is 0 Å². The molecule has 0 aliphatic heterocycles. The van der Waals surface area contributed by atoms with E-state index in [4.69, 9.17) is 21.8 Å². The summed E-state index contributed by atoms with van der Waals surface area (Å²) < 4.78 is 5.40. The maximum Gasteiger partial charge on any atom is 0.193 e. The molecular weight excluding hydrogens is 224 g/mol. The number of rotatable bonds is 5. The molecule has 1 atom stereocenters. The van der Waals surface area contributed by atoms with E-state index in [0.717, 1.165) is 12.3 Å². The molecule has 1 aromatic heterocycles. The number of hydrogen-bond acceptors (Lipinski definition) is 3. The summed E-state index contributed by atoms with van der Waals surface area (Å²) in [5, 5.41) is 4.00. The molecule has 0 amide bonds. The van der Waals surface area contributed by atoms with Crippen LogP contribution in [0.15, 0.2) is 16.5 Å². The highest BCUT2D eigenvalue weighted by atomic mass is 35.5. The normalized spacial score (nSPS) is 19.1. The van der Waals surface area contributed by atoms with Crippen molar-refractivity contribution in [1.82, 2.24) is 5.32 Å². The molecule has 4 heteroatoms. The van der Waals surface area contributed by atoms with Gasteiger partial charge in [0.05, 0.1) is 0 Å². The first kappa shape index (κ1) is 12.0. The Labute approximate surface area is 101 Å². The highest BCUT2D eigenvalue weighted by Crippen LogP contribution is 2.22. The average molecular weight is 243 g/mol. The van der Waals surface area contributed by atoms with Gasteiger partial charge in [-0.25, -0.2) is 0 Å². The van der Waals surface area contributed by atoms with Gasteiger partial charge >= 0.3 is 0 Å². The highest BCUT2D eigenvalue weighted by Gasteiger charge is 2.18. The summed E-state index contributed by atoms with van der Waals surface area (Å²) in [6.45, 7) is 1.47. The summed E-state index contributed by atoms with van der Waals surface area (Å²) in [7, 11) is 0. The molecule has 3 N–H and O–H groups in total. The molecule has 2 rings (SSSR count). The first-order valence-electron chi connectivity index (χ1n) is 5.98. The van der Waals surface area contributed by atoms with Crippen molar-refractivity contribution in [3.8, 4) is 0 Å². The molecule has 3 nitrogen and oxygen atoms in total. The fraction of sp³-hybridized carbons (Fsp3) is 0.667. The van der Waals surface area contributed by atoms with Crippen LogP contribution < -0.4 is 11.1 Å². The van der Waals surface area contributed by atoms with Gasteiger partial charge in [0.2, 0.25) is 0 Å². The molecule has 0 spiro atoms. The SMILES string of the molecule is NCC(CNC1CCCC1)c1ccc(Cl)o1. The summed E-state index contributed by atoms with van der Waals surface area (Å²) >= 11 is 5.76. The Balaban J connectivity index is 1.85. The Morgan fingerprint density at radius 2 is 2.19 bits per heavy atom. The molecule has 16 heavy (non-hydrogen) atoms. The second-order valence-electron chi connectivity index (χ2n) is 4.46. The van der Waals surface area contributed by atoms with Gasteiger partial charge in [0, 0.05) is 25.0 Å². The van der Waals surface area contributed by atoms with Crippen LogP contribution in [0.4, 0.5) is 0 Å². The van der Waals surface area contributed by atoms with Gasteiger partial charge in [-0.1, -0.05) is 12.8 Å². The molecular formula is C12H19ClN2O. The topological polar surface area (TPSA) is 51.2 Å². The van der Waals surface area contributed by atoms with E-state index in [9.17, 15) is 0 Å². The average Bonchev–Trinajstić information content (AvgIpc) is 2.91. The third-order valence-corrected chi connectivity index (χ3v) is 3.49. The van der Waals surface area contributed by atoms with Crippen LogP contribution in [-0.4, -0.2) is 19.1 Å². The minimum atomic E-state index is 0.230. The molecule has 1 aromatic rings. The van der Waals surface area contributed by atoms with Gasteiger partial charge in [-0.2, -0.15) is 0 Å². The Bertz CT molecular complexity index is 321. The Morgan fingerprint density at radius 3 is 2.75 bits per heavy atom. The van der Waals surface area contributed by atoms with Gasteiger partial charge < -0.3 is 15.5 Å². The first-order chi connectivity index (χ1) is 7.79. The monoisotopic (exact) mass is 242 g/mol. The van der Waals surface area contributed by atoms with Crippen molar-refractivity contribution >= 4 is 11.6 Å². The molecule has 1 heterocycles. The highest BCUT2D eigenvalue weighted by molar-refractivity contribution is 6.28. The van der Waals surface area contributed by atoms with Gasteiger partial charge in [-0.15, -0.1) is 0 Å². The quantitative estimate of drug-likeness (QED) is 0.834. The minimum absolute atomic E-state index is 0.230. The lowest BCUT2D eigenvalue weighted by atomic mass is 10.1. The predicted molar refractivity (Wildman–Crippen MR) is 65.8 cm³/mol. The van der Waals surface area contributed by atoms with E-state index in [1.54, 1.807) is 6.07 Å². The van der Waals surface area contributed by atoms with E-state index < -0.39 is 0 Å². The third-order valence-electron chi connectivity index (χ3n) is 3.29. The Kier molecular flexibility index (Phi) is 4.27. The van der Waals surface area contributed by atoms with Crippen LogP contribution in [0, 0.1) is 0 Å². The van der Waals surface area contributed by atoms with Crippen molar-refractivity contribution < 1.29 is 4.42 Å². The van der Waals surface area contributed by atoms with Gasteiger partial charge in [-0.05, 0) is 36.6 Å². The van der Waals surface area contributed by atoms with Crippen LogP contribution in [-0.2, 0) is 0 Å². The van der Waals surface area contributed by atoms with E-state index in [2.05, 4.69) is 5.32 Å². The van der Waals surface area contributed by atoms with Gasteiger partial charge in [0.15, 0.2) is 5.22 Å². The predicted octanol–water partition coefficient (Wildman–Crippen LogP) is 2.51. The Morgan fingerprint density at radius 1 is 1.44 bits per heavy atom. The molecule has 90 valence electrons. The van der Waals surface area contributed by atoms with Crippen LogP contribution >= 0.6 is 11.6 Å². The van der Waals surface area contributed by atoms with Crippen LogP contribution in [0.2, 0.25) is 5.22 Å². The molecule has 1 aliphatic carbocycles. The molecule has 0 aromatic carbocycles. The fourth-order valence-electron chi connectivity index (χ4n) is 2.29. The van der Waals surface area contributed by atoms with Gasteiger partial charge in [0.25, 0.3) is 0 Å². The van der Waals surface area contributed by atoms with E-state index in [1.165, 1.54) is 25.7 Å². The molecule has 1 fully saturated rings. The molecule has 0 bridgehead atoms. The minimum Gasteiger partial charge on any atom is -0.449 e. The number of furan rings is 1. The van der Waals surface area contributed by atoms with E-state index in [1.807, 2.05) is 6.07 Å². The van der Waals surface area contributed by atoms with Gasteiger partial charge in [0.1, 0.15) is 5.76 Å². The zero-order valence-corrected chi connectivity index (χ0v) is 10.2. The smallest absolute Gasteiger partial charge is 0.193 e. The number of halogens is 1. The summed E-state index contributed by atoms with van der Waals surface area (Å²) in [5.41, 5.74) is 5.76. The van der Waals surface area contributed by atoms with Crippen LogP contribution in [0.5, 0.6) is 0 Å². The largest absolute Gasteiger partial charge is 0.449 e. The van der Waals surface area contributed by atoms with Crippen molar-refractivity contribution in [3.05, 3.63) is 23.1 Å². The van der Waals surface area contributed by atoms with E-state index in [-0.39, 0.29) is 5.92 Å². The second-order valence-corrected chi connectivity index (χ2v) is 4.84. The van der Waals surface area contributed by atoms with E-state index in [0.29, 0.717) is 17.8 Å². The van der Waals surface area contributed by atoms with Crippen molar-refractivity contribution in [2.45, 2.75) is 37.6 Å². The molecule has 1 aliphatic rings. The summed E-state index contributed by atoms with van der Waals surface area (Å²) in [6.07, 6.45) is 5.27. The molecule has 1 unspecified atom stereocenters. The number of hydrogen-bond donors (Lipinski definition) is 2. The van der Waals surface area contributed by atoms with Crippen molar-refractivity contribution in [2.75, 3.05) is 13.1 Å². The lowest BCUT2D eigenvalue weighted by molar-refractivity contribution is 0.424. The van der Waals surface area contributed by atoms with Crippen LogP contribution in [0.3, 0.4) is 0 Å². The zero-order chi connectivity index (χ0) is 11.4. The summed E-state index contributed by atoms with van der Waals surface area (Å²) in [4.78, 5) is 0. The summed E-state index contributed by atoms with van der Waals surface area (Å²) in [5.74, 6) is 1.12. The fourth-order valence-corrected chi connectivity index (χ4v) is 2.44. The first-order valence-corrected chi connectivity index (χ1v) is 6.36.